The third kappa shape index (κ3) is 3.11. The molecule has 4 heterocycles. The summed E-state index contributed by atoms with van der Waals surface area (Å²) < 4.78 is 1.51. The Balaban J connectivity index is 1.77. The molecule has 0 bridgehead atoms. The molecule has 2 amide bonds. The van der Waals surface area contributed by atoms with Crippen molar-refractivity contribution < 1.29 is 9.59 Å². The Hall–Kier alpha value is -3.03. The van der Waals surface area contributed by atoms with Crippen molar-refractivity contribution >= 4 is 17.6 Å². The molecule has 2 aliphatic rings. The monoisotopic (exact) mass is 409 g/mol. The predicted octanol–water partition coefficient (Wildman–Crippen LogP) is 1.99. The van der Waals surface area contributed by atoms with E-state index in [1.807, 2.05) is 19.9 Å². The van der Waals surface area contributed by atoms with Gasteiger partial charge in [-0.15, -0.1) is 0 Å². The number of hydrogen-bond acceptors (Lipinski definition) is 5. The van der Waals surface area contributed by atoms with Crippen molar-refractivity contribution in [2.24, 2.45) is 7.05 Å². The van der Waals surface area contributed by atoms with E-state index in [2.05, 4.69) is 9.97 Å². The molecule has 8 heteroatoms. The van der Waals surface area contributed by atoms with Crippen molar-refractivity contribution in [1.82, 2.24) is 19.4 Å². The van der Waals surface area contributed by atoms with Gasteiger partial charge in [0.15, 0.2) is 5.82 Å². The van der Waals surface area contributed by atoms with E-state index in [1.165, 1.54) is 4.57 Å². The summed E-state index contributed by atoms with van der Waals surface area (Å²) >= 11 is 0. The van der Waals surface area contributed by atoms with Gasteiger partial charge in [-0.2, -0.15) is 0 Å². The second-order valence-electron chi connectivity index (χ2n) is 8.32. The third-order valence-electron chi connectivity index (χ3n) is 6.37. The molecule has 1 fully saturated rings. The lowest BCUT2D eigenvalue weighted by Gasteiger charge is -2.35. The number of likely N-dealkylation sites (N-methyl/N-ethyl adjacent to an activating group) is 1. The van der Waals surface area contributed by atoms with Gasteiger partial charge in [0.25, 0.3) is 11.5 Å². The topological polar surface area (TPSA) is 88.4 Å². The number of aryl methyl sites for hydroxylation is 3. The minimum absolute atomic E-state index is 0.00472. The number of amides is 2. The summed E-state index contributed by atoms with van der Waals surface area (Å²) in [5.41, 5.74) is 3.05. The van der Waals surface area contributed by atoms with E-state index in [9.17, 15) is 14.4 Å². The van der Waals surface area contributed by atoms with Crippen LogP contribution in [0, 0.1) is 20.8 Å². The Kier molecular flexibility index (Phi) is 4.95. The van der Waals surface area contributed by atoms with Gasteiger partial charge in [0, 0.05) is 37.6 Å². The highest BCUT2D eigenvalue weighted by atomic mass is 16.2. The number of fused-ring (bicyclic) bond motifs is 1. The van der Waals surface area contributed by atoms with E-state index >= 15 is 0 Å². The van der Waals surface area contributed by atoms with Crippen LogP contribution in [0.2, 0.25) is 0 Å². The number of carbonyl (C=O) groups is 2. The second kappa shape index (κ2) is 7.34. The molecule has 0 spiro atoms. The maximum absolute atomic E-state index is 13.5. The summed E-state index contributed by atoms with van der Waals surface area (Å²) in [5, 5.41) is 0. The first-order valence-corrected chi connectivity index (χ1v) is 10.3. The first-order chi connectivity index (χ1) is 14.2. The van der Waals surface area contributed by atoms with Crippen molar-refractivity contribution in [3.63, 3.8) is 0 Å². The molecule has 1 atom stereocenters. The van der Waals surface area contributed by atoms with Gasteiger partial charge in [0.1, 0.15) is 11.4 Å². The van der Waals surface area contributed by atoms with E-state index in [0.717, 1.165) is 36.2 Å². The Morgan fingerprint density at radius 3 is 2.57 bits per heavy atom. The molecule has 1 saturated heterocycles. The lowest BCUT2D eigenvalue weighted by molar-refractivity contribution is -0.117. The fourth-order valence-electron chi connectivity index (χ4n) is 4.45. The van der Waals surface area contributed by atoms with Gasteiger partial charge in [-0.1, -0.05) is 0 Å². The quantitative estimate of drug-likeness (QED) is 0.757. The van der Waals surface area contributed by atoms with Crippen molar-refractivity contribution in [2.75, 3.05) is 18.5 Å². The third-order valence-corrected chi connectivity index (χ3v) is 6.37. The van der Waals surface area contributed by atoms with E-state index < -0.39 is 0 Å². The molecule has 0 saturated carbocycles. The number of rotatable bonds is 2. The SMILES string of the molecule is Cc1cc(C)n(C)c(=O)c1C(=O)N1CCCCC1c1nc(C)c2c(n1)N(C)C(=O)C2. The molecule has 2 aliphatic heterocycles. The molecule has 30 heavy (non-hydrogen) atoms. The van der Waals surface area contributed by atoms with Crippen LogP contribution >= 0.6 is 0 Å². The molecule has 158 valence electrons. The van der Waals surface area contributed by atoms with E-state index in [4.69, 9.17) is 0 Å². The largest absolute Gasteiger partial charge is 0.328 e. The van der Waals surface area contributed by atoms with Crippen molar-refractivity contribution in [3.8, 4) is 0 Å². The number of aromatic nitrogens is 3. The first kappa shape index (κ1) is 20.3. The molecule has 2 aromatic heterocycles. The normalized spacial score (nSPS) is 18.7. The lowest BCUT2D eigenvalue weighted by Crippen LogP contribution is -2.43. The highest BCUT2D eigenvalue weighted by Gasteiger charge is 2.35. The van der Waals surface area contributed by atoms with Crippen LogP contribution in [0.1, 0.15) is 64.0 Å². The standard InChI is InChI=1S/C22H27N5O3/c1-12-10-13(2)25(4)21(29)18(12)22(30)27-9-7-6-8-16(27)19-23-14(3)15-11-17(28)26(5)20(15)24-19/h10,16H,6-9,11H2,1-5H3. The van der Waals surface area contributed by atoms with Gasteiger partial charge in [-0.3, -0.25) is 19.3 Å². The molecule has 0 aromatic carbocycles. The number of pyridine rings is 1. The van der Waals surface area contributed by atoms with Crippen LogP contribution in [-0.4, -0.2) is 44.8 Å². The smallest absolute Gasteiger partial charge is 0.263 e. The molecule has 2 aromatic rings. The Morgan fingerprint density at radius 1 is 1.10 bits per heavy atom. The molecule has 0 radical (unpaired) electrons. The van der Waals surface area contributed by atoms with Gasteiger partial charge in [0.05, 0.1) is 12.5 Å². The van der Waals surface area contributed by atoms with Crippen LogP contribution in [0.15, 0.2) is 10.9 Å². The van der Waals surface area contributed by atoms with Crippen molar-refractivity contribution in [2.45, 2.75) is 52.5 Å². The van der Waals surface area contributed by atoms with Gasteiger partial charge in [0.2, 0.25) is 5.91 Å². The summed E-state index contributed by atoms with van der Waals surface area (Å²) in [7, 11) is 3.40. The van der Waals surface area contributed by atoms with Gasteiger partial charge < -0.3 is 9.47 Å². The molecular formula is C22H27N5O3. The van der Waals surface area contributed by atoms with Gasteiger partial charge in [-0.05, 0) is 51.7 Å². The maximum Gasteiger partial charge on any atom is 0.263 e. The van der Waals surface area contributed by atoms with E-state index in [0.29, 0.717) is 30.2 Å². The molecule has 0 aliphatic carbocycles. The molecule has 1 unspecified atom stereocenters. The predicted molar refractivity (Wildman–Crippen MR) is 113 cm³/mol. The average molecular weight is 409 g/mol. The number of piperidine rings is 1. The lowest BCUT2D eigenvalue weighted by atomic mass is 9.98. The zero-order chi connectivity index (χ0) is 21.7. The van der Waals surface area contributed by atoms with Gasteiger partial charge >= 0.3 is 0 Å². The zero-order valence-electron chi connectivity index (χ0n) is 18.2. The van der Waals surface area contributed by atoms with Crippen molar-refractivity contribution in [3.05, 3.63) is 50.3 Å². The molecule has 0 N–H and O–H groups in total. The Bertz CT molecular complexity index is 1120. The number of carbonyl (C=O) groups excluding carboxylic acids is 2. The fraction of sp³-hybridized carbons (Fsp3) is 0.500. The summed E-state index contributed by atoms with van der Waals surface area (Å²) in [6, 6.07) is 1.55. The number of likely N-dealkylation sites (tertiary alicyclic amines) is 1. The maximum atomic E-state index is 13.5. The molecule has 8 nitrogen and oxygen atoms in total. The summed E-state index contributed by atoms with van der Waals surface area (Å²) in [5.74, 6) is 0.893. The Morgan fingerprint density at radius 2 is 1.83 bits per heavy atom. The summed E-state index contributed by atoms with van der Waals surface area (Å²) in [4.78, 5) is 51.2. The van der Waals surface area contributed by atoms with Crippen LogP contribution in [-0.2, 0) is 18.3 Å². The zero-order valence-corrected chi connectivity index (χ0v) is 18.2. The highest BCUT2D eigenvalue weighted by Crippen LogP contribution is 2.34. The van der Waals surface area contributed by atoms with Crippen LogP contribution in [0.4, 0.5) is 5.82 Å². The Labute approximate surface area is 175 Å². The average Bonchev–Trinajstić information content (AvgIpc) is 3.01. The van der Waals surface area contributed by atoms with Gasteiger partial charge in [-0.25, -0.2) is 9.97 Å². The molecular weight excluding hydrogens is 382 g/mol. The summed E-state index contributed by atoms with van der Waals surface area (Å²) in [6.45, 7) is 6.09. The first-order valence-electron chi connectivity index (χ1n) is 10.3. The minimum Gasteiger partial charge on any atom is -0.328 e. The van der Waals surface area contributed by atoms with E-state index in [1.54, 1.807) is 30.8 Å². The van der Waals surface area contributed by atoms with Crippen LogP contribution < -0.4 is 10.5 Å². The van der Waals surface area contributed by atoms with Crippen molar-refractivity contribution in [1.29, 1.82) is 0 Å². The summed E-state index contributed by atoms with van der Waals surface area (Å²) in [6.07, 6.45) is 2.86. The highest BCUT2D eigenvalue weighted by molar-refractivity contribution is 6.00. The molecule has 4 rings (SSSR count). The number of anilines is 1. The van der Waals surface area contributed by atoms with Crippen LogP contribution in [0.25, 0.3) is 0 Å². The van der Waals surface area contributed by atoms with Crippen LogP contribution in [0.5, 0.6) is 0 Å². The number of nitrogens with zero attached hydrogens (tertiary/aromatic N) is 5. The van der Waals surface area contributed by atoms with Crippen LogP contribution in [0.3, 0.4) is 0 Å². The number of hydrogen-bond donors (Lipinski definition) is 0. The fourth-order valence-corrected chi connectivity index (χ4v) is 4.45. The second-order valence-corrected chi connectivity index (χ2v) is 8.32. The minimum atomic E-state index is -0.315. The van der Waals surface area contributed by atoms with E-state index in [-0.39, 0.29) is 29.0 Å².